The zero-order chi connectivity index (χ0) is 14.1. The van der Waals surface area contributed by atoms with Gasteiger partial charge in [0.15, 0.2) is 0 Å². The van der Waals surface area contributed by atoms with E-state index in [0.717, 1.165) is 0 Å². The predicted octanol–water partition coefficient (Wildman–Crippen LogP) is 0.943. The Morgan fingerprint density at radius 2 is 1.94 bits per heavy atom. The molecule has 0 bridgehead atoms. The largest absolute Gasteiger partial charge is 0.523 e. The monoisotopic (exact) mass is 295 g/mol. The Balaban J connectivity index is 2.69. The molecule has 1 heterocycles. The molecule has 6 nitrogen and oxygen atoms in total. The molecule has 0 unspecified atom stereocenters. The van der Waals surface area contributed by atoms with E-state index in [2.05, 4.69) is 4.18 Å². The smallest absolute Gasteiger partial charge is 0.465 e. The third kappa shape index (κ3) is 3.22. The maximum atomic E-state index is 13.3. The van der Waals surface area contributed by atoms with E-state index in [1.54, 1.807) is 0 Å². The molecule has 0 aliphatic carbocycles. The summed E-state index contributed by atoms with van der Waals surface area (Å²) >= 11 is 0. The molecular weight excluding hydrogens is 286 g/mol. The van der Waals surface area contributed by atoms with E-state index in [-0.39, 0.29) is 6.54 Å². The summed E-state index contributed by atoms with van der Waals surface area (Å²) in [6, 6.07) is 0. The fourth-order valence-corrected chi connectivity index (χ4v) is 2.03. The van der Waals surface area contributed by atoms with Crippen LogP contribution in [0.3, 0.4) is 0 Å². The van der Waals surface area contributed by atoms with Crippen molar-refractivity contribution in [1.29, 1.82) is 0 Å². The molecule has 1 N–H and O–H groups in total. The van der Waals surface area contributed by atoms with Gasteiger partial charge in [0.25, 0.3) is 0 Å². The van der Waals surface area contributed by atoms with E-state index in [9.17, 15) is 30.8 Å². The number of nitrogens with zero attached hydrogens (tertiary/aromatic N) is 1. The van der Waals surface area contributed by atoms with Crippen molar-refractivity contribution in [3.63, 3.8) is 0 Å². The Hall–Kier alpha value is -1.10. The van der Waals surface area contributed by atoms with Crippen LogP contribution in [0.4, 0.5) is 22.4 Å². The first-order chi connectivity index (χ1) is 8.04. The Kier molecular flexibility index (Phi) is 4.05. The maximum absolute atomic E-state index is 13.3. The van der Waals surface area contributed by atoms with E-state index < -0.39 is 47.0 Å². The number of rotatable bonds is 2. The average Bonchev–Trinajstić information content (AvgIpc) is 2.18. The Bertz CT molecular complexity index is 422. The maximum Gasteiger partial charge on any atom is 0.523 e. The van der Waals surface area contributed by atoms with Crippen molar-refractivity contribution < 1.29 is 40.1 Å². The standard InChI is InChI=1S/C7H9F4NO5S/c8-4-3-12(6(13)14)2-1-5(4)17-18(15,16)7(9,10)11/h4-5H,1-3H2,(H,13,14)/t4-,5-/m0/s1. The van der Waals surface area contributed by atoms with Crippen LogP contribution in [0.15, 0.2) is 0 Å². The normalized spacial score (nSPS) is 26.1. The van der Waals surface area contributed by atoms with E-state index in [4.69, 9.17) is 5.11 Å². The predicted molar refractivity (Wildman–Crippen MR) is 49.0 cm³/mol. The van der Waals surface area contributed by atoms with Crippen LogP contribution < -0.4 is 0 Å². The van der Waals surface area contributed by atoms with Gasteiger partial charge in [-0.25, -0.2) is 9.18 Å². The molecule has 1 amide bonds. The third-order valence-corrected chi connectivity index (χ3v) is 3.35. The molecule has 0 saturated carbocycles. The zero-order valence-electron chi connectivity index (χ0n) is 8.72. The van der Waals surface area contributed by atoms with Gasteiger partial charge in [0.05, 0.1) is 6.54 Å². The summed E-state index contributed by atoms with van der Waals surface area (Å²) in [5, 5.41) is 8.52. The second-order valence-corrected chi connectivity index (χ2v) is 5.13. The van der Waals surface area contributed by atoms with Crippen LogP contribution in [0.25, 0.3) is 0 Å². The van der Waals surface area contributed by atoms with Gasteiger partial charge in [0, 0.05) is 6.54 Å². The minimum absolute atomic E-state index is 0.298. The number of alkyl halides is 4. The van der Waals surface area contributed by atoms with Gasteiger partial charge in [-0.05, 0) is 6.42 Å². The van der Waals surface area contributed by atoms with Gasteiger partial charge in [-0.1, -0.05) is 0 Å². The van der Waals surface area contributed by atoms with Crippen LogP contribution in [0, 0.1) is 0 Å². The number of piperidine rings is 1. The van der Waals surface area contributed by atoms with Crippen LogP contribution in [-0.2, 0) is 14.3 Å². The lowest BCUT2D eigenvalue weighted by molar-refractivity contribution is -0.0641. The summed E-state index contributed by atoms with van der Waals surface area (Å²) in [5.41, 5.74) is -5.63. The van der Waals surface area contributed by atoms with Crippen LogP contribution in [0.5, 0.6) is 0 Å². The second-order valence-electron chi connectivity index (χ2n) is 3.57. The third-order valence-electron chi connectivity index (χ3n) is 2.29. The molecular formula is C7H9F4NO5S. The second kappa shape index (κ2) is 4.88. The van der Waals surface area contributed by atoms with Gasteiger partial charge >= 0.3 is 21.7 Å². The number of amides is 1. The minimum atomic E-state index is -5.87. The highest BCUT2D eigenvalue weighted by molar-refractivity contribution is 7.87. The summed E-state index contributed by atoms with van der Waals surface area (Å²) in [6.07, 6.45) is -5.86. The topological polar surface area (TPSA) is 83.9 Å². The lowest BCUT2D eigenvalue weighted by atomic mass is 10.1. The molecule has 1 fully saturated rings. The van der Waals surface area contributed by atoms with Crippen molar-refractivity contribution in [3.05, 3.63) is 0 Å². The summed E-state index contributed by atoms with van der Waals surface area (Å²) in [4.78, 5) is 11.1. The highest BCUT2D eigenvalue weighted by Crippen LogP contribution is 2.29. The molecule has 18 heavy (non-hydrogen) atoms. The lowest BCUT2D eigenvalue weighted by Crippen LogP contribution is -2.49. The van der Waals surface area contributed by atoms with E-state index in [1.165, 1.54) is 0 Å². The van der Waals surface area contributed by atoms with E-state index in [0.29, 0.717) is 4.90 Å². The summed E-state index contributed by atoms with van der Waals surface area (Å²) in [7, 11) is -5.87. The molecule has 11 heteroatoms. The number of carbonyl (C=O) groups is 1. The van der Waals surface area contributed by atoms with Crippen molar-refractivity contribution >= 4 is 16.2 Å². The molecule has 1 aliphatic heterocycles. The number of hydrogen-bond donors (Lipinski definition) is 1. The fourth-order valence-electron chi connectivity index (χ4n) is 1.38. The van der Waals surface area contributed by atoms with Crippen molar-refractivity contribution in [2.24, 2.45) is 0 Å². The molecule has 0 aromatic carbocycles. The summed E-state index contributed by atoms with van der Waals surface area (Å²) in [6.45, 7) is -1.03. The molecule has 106 valence electrons. The quantitative estimate of drug-likeness (QED) is 0.466. The molecule has 0 aromatic rings. The van der Waals surface area contributed by atoms with Gasteiger partial charge < -0.3 is 10.0 Å². The summed E-state index contributed by atoms with van der Waals surface area (Å²) < 4.78 is 74.3. The van der Waals surface area contributed by atoms with Crippen molar-refractivity contribution in [2.75, 3.05) is 13.1 Å². The Morgan fingerprint density at radius 3 is 2.33 bits per heavy atom. The molecule has 1 aliphatic rings. The first kappa shape index (κ1) is 15.0. The first-order valence-electron chi connectivity index (χ1n) is 4.66. The molecule has 0 aromatic heterocycles. The molecule has 0 spiro atoms. The molecule has 1 saturated heterocycles. The molecule has 0 radical (unpaired) electrons. The highest BCUT2D eigenvalue weighted by atomic mass is 32.2. The van der Waals surface area contributed by atoms with Crippen LogP contribution in [0.1, 0.15) is 6.42 Å². The van der Waals surface area contributed by atoms with Gasteiger partial charge in [0.1, 0.15) is 12.3 Å². The van der Waals surface area contributed by atoms with Crippen molar-refractivity contribution in [2.45, 2.75) is 24.2 Å². The van der Waals surface area contributed by atoms with Crippen LogP contribution >= 0.6 is 0 Å². The first-order valence-corrected chi connectivity index (χ1v) is 6.07. The summed E-state index contributed by atoms with van der Waals surface area (Å²) in [5.74, 6) is 0. The lowest BCUT2D eigenvalue weighted by Gasteiger charge is -2.32. The van der Waals surface area contributed by atoms with E-state index in [1.807, 2.05) is 0 Å². The fraction of sp³-hybridized carbons (Fsp3) is 0.857. The SMILES string of the molecule is O=C(O)N1CC[C@H](OS(=O)(=O)C(F)(F)F)[C@@H](F)C1. The van der Waals surface area contributed by atoms with Crippen molar-refractivity contribution in [1.82, 2.24) is 4.90 Å². The average molecular weight is 295 g/mol. The van der Waals surface area contributed by atoms with Crippen molar-refractivity contribution in [3.8, 4) is 0 Å². The van der Waals surface area contributed by atoms with Gasteiger partial charge in [-0.15, -0.1) is 0 Å². The van der Waals surface area contributed by atoms with Gasteiger partial charge in [0.2, 0.25) is 0 Å². The number of halogens is 4. The Labute approximate surface area is 99.2 Å². The minimum Gasteiger partial charge on any atom is -0.465 e. The molecule has 1 rings (SSSR count). The molecule has 2 atom stereocenters. The van der Waals surface area contributed by atoms with Crippen LogP contribution in [0.2, 0.25) is 0 Å². The Morgan fingerprint density at radius 1 is 1.39 bits per heavy atom. The number of carboxylic acid groups (broad SMARTS) is 1. The number of hydrogen-bond acceptors (Lipinski definition) is 4. The number of likely N-dealkylation sites (tertiary alicyclic amines) is 1. The zero-order valence-corrected chi connectivity index (χ0v) is 9.54. The van der Waals surface area contributed by atoms with E-state index >= 15 is 0 Å². The van der Waals surface area contributed by atoms with Gasteiger partial charge in [-0.2, -0.15) is 21.6 Å². The van der Waals surface area contributed by atoms with Crippen LogP contribution in [-0.4, -0.2) is 55.4 Å². The van der Waals surface area contributed by atoms with Gasteiger partial charge in [-0.3, -0.25) is 4.18 Å². The highest BCUT2D eigenvalue weighted by Gasteiger charge is 2.50.